The van der Waals surface area contributed by atoms with Gasteiger partial charge in [-0.15, -0.1) is 0 Å². The van der Waals surface area contributed by atoms with Gasteiger partial charge in [-0.05, 0) is 6.42 Å². The van der Waals surface area contributed by atoms with Crippen molar-refractivity contribution in [3.63, 3.8) is 0 Å². The van der Waals surface area contributed by atoms with Gasteiger partial charge in [0, 0.05) is 6.54 Å². The normalized spacial score (nSPS) is 11.8. The lowest BCUT2D eigenvalue weighted by Crippen LogP contribution is -2.28. The first-order chi connectivity index (χ1) is 5.12. The van der Waals surface area contributed by atoms with Crippen molar-refractivity contribution >= 4 is 10.0 Å². The number of hydrogen-bond acceptors (Lipinski definition) is 2. The Balaban J connectivity index is 3.63. The molecule has 0 aromatic carbocycles. The summed E-state index contributed by atoms with van der Waals surface area (Å²) in [7, 11) is -3.16. The highest BCUT2D eigenvalue weighted by atomic mass is 32.2. The van der Waals surface area contributed by atoms with Gasteiger partial charge in [0.15, 0.2) is 0 Å². The molecule has 0 heterocycles. The van der Waals surface area contributed by atoms with E-state index in [0.717, 1.165) is 6.42 Å². The molecule has 0 spiro atoms. The van der Waals surface area contributed by atoms with Crippen LogP contribution in [0, 0.1) is 0 Å². The molecule has 0 aliphatic heterocycles. The standard InChI is InChI=1S/C6H14NO3S/c1-2-3-6-11(9,10)7-4-5-8/h7H,2-6H2,1H3. The summed E-state index contributed by atoms with van der Waals surface area (Å²) >= 11 is 0. The van der Waals surface area contributed by atoms with Gasteiger partial charge in [-0.3, -0.25) is 0 Å². The van der Waals surface area contributed by atoms with E-state index >= 15 is 0 Å². The van der Waals surface area contributed by atoms with E-state index in [1.165, 1.54) is 0 Å². The molecule has 67 valence electrons. The Morgan fingerprint density at radius 2 is 2.00 bits per heavy atom. The quantitative estimate of drug-likeness (QED) is 0.631. The molecule has 4 nitrogen and oxygen atoms in total. The van der Waals surface area contributed by atoms with Crippen molar-refractivity contribution in [2.75, 3.05) is 18.9 Å². The summed E-state index contributed by atoms with van der Waals surface area (Å²) in [6.45, 7) is 1.53. The molecule has 11 heavy (non-hydrogen) atoms. The van der Waals surface area contributed by atoms with Crippen molar-refractivity contribution in [3.05, 3.63) is 0 Å². The van der Waals surface area contributed by atoms with Gasteiger partial charge in [-0.1, -0.05) is 13.3 Å². The van der Waals surface area contributed by atoms with E-state index in [0.29, 0.717) is 6.42 Å². The van der Waals surface area contributed by atoms with Gasteiger partial charge in [0.25, 0.3) is 0 Å². The SMILES string of the molecule is CCCCS(=O)(=O)NCC[O]. The predicted molar refractivity (Wildman–Crippen MR) is 42.3 cm³/mol. The van der Waals surface area contributed by atoms with Gasteiger partial charge in [0.1, 0.15) is 0 Å². The van der Waals surface area contributed by atoms with Crippen LogP contribution in [0.2, 0.25) is 0 Å². The highest BCUT2D eigenvalue weighted by Crippen LogP contribution is 1.92. The Kier molecular flexibility index (Phi) is 5.45. The van der Waals surface area contributed by atoms with Crippen molar-refractivity contribution in [2.45, 2.75) is 19.8 Å². The van der Waals surface area contributed by atoms with Crippen LogP contribution in [0.1, 0.15) is 19.8 Å². The fourth-order valence-electron chi connectivity index (χ4n) is 0.604. The van der Waals surface area contributed by atoms with Crippen LogP contribution in [0.25, 0.3) is 0 Å². The van der Waals surface area contributed by atoms with Gasteiger partial charge >= 0.3 is 0 Å². The molecule has 5 heteroatoms. The first-order valence-corrected chi connectivity index (χ1v) is 5.33. The van der Waals surface area contributed by atoms with Gasteiger partial charge in [-0.2, -0.15) is 0 Å². The second-order valence-electron chi connectivity index (χ2n) is 2.27. The van der Waals surface area contributed by atoms with Crippen LogP contribution < -0.4 is 4.72 Å². The van der Waals surface area contributed by atoms with Crippen molar-refractivity contribution in [1.82, 2.24) is 4.72 Å². The van der Waals surface area contributed by atoms with Crippen LogP contribution in [0.5, 0.6) is 0 Å². The Hall–Kier alpha value is -0.130. The number of sulfonamides is 1. The molecule has 0 aromatic rings. The molecule has 0 aliphatic carbocycles. The minimum absolute atomic E-state index is 0.00600. The molecule has 0 fully saturated rings. The zero-order valence-electron chi connectivity index (χ0n) is 6.67. The molecule has 0 amide bonds. The molecule has 0 unspecified atom stereocenters. The summed E-state index contributed by atoms with van der Waals surface area (Å²) in [4.78, 5) is 0. The number of nitrogens with one attached hydrogen (secondary N) is 1. The third kappa shape index (κ3) is 6.28. The minimum atomic E-state index is -3.16. The molecule has 0 aromatic heterocycles. The molecule has 0 saturated heterocycles. The maximum Gasteiger partial charge on any atom is 0.211 e. The van der Waals surface area contributed by atoms with E-state index in [1.54, 1.807) is 0 Å². The molecule has 0 bridgehead atoms. The van der Waals surface area contributed by atoms with E-state index in [4.69, 9.17) is 0 Å². The van der Waals surface area contributed by atoms with Gasteiger partial charge in [-0.25, -0.2) is 18.2 Å². The molecule has 0 aliphatic rings. The van der Waals surface area contributed by atoms with E-state index in [9.17, 15) is 13.5 Å². The Morgan fingerprint density at radius 1 is 1.36 bits per heavy atom. The van der Waals surface area contributed by atoms with Crippen molar-refractivity contribution in [1.29, 1.82) is 0 Å². The highest BCUT2D eigenvalue weighted by molar-refractivity contribution is 7.89. The van der Waals surface area contributed by atoms with E-state index in [-0.39, 0.29) is 12.3 Å². The fourth-order valence-corrected chi connectivity index (χ4v) is 1.81. The summed E-state index contributed by atoms with van der Waals surface area (Å²) in [6, 6.07) is 0. The smallest absolute Gasteiger partial charge is 0.211 e. The van der Waals surface area contributed by atoms with Crippen molar-refractivity contribution in [3.8, 4) is 0 Å². The van der Waals surface area contributed by atoms with Crippen LogP contribution in [0.4, 0.5) is 0 Å². The third-order valence-electron chi connectivity index (χ3n) is 1.19. The molecule has 0 atom stereocenters. The van der Waals surface area contributed by atoms with Crippen LogP contribution in [-0.4, -0.2) is 27.3 Å². The average molecular weight is 180 g/mol. The maximum absolute atomic E-state index is 10.9. The second kappa shape index (κ2) is 5.51. The van der Waals surface area contributed by atoms with Crippen LogP contribution >= 0.6 is 0 Å². The second-order valence-corrected chi connectivity index (χ2v) is 4.20. The molecular weight excluding hydrogens is 166 g/mol. The Bertz CT molecular complexity index is 162. The lowest BCUT2D eigenvalue weighted by Gasteiger charge is -2.02. The highest BCUT2D eigenvalue weighted by Gasteiger charge is 2.06. The Labute approximate surface area is 67.7 Å². The van der Waals surface area contributed by atoms with Crippen LogP contribution in [0.3, 0.4) is 0 Å². The van der Waals surface area contributed by atoms with Crippen molar-refractivity contribution in [2.24, 2.45) is 0 Å². The number of rotatable bonds is 6. The summed E-state index contributed by atoms with van der Waals surface area (Å²) in [6.07, 6.45) is 1.49. The monoisotopic (exact) mass is 180 g/mol. The van der Waals surface area contributed by atoms with E-state index < -0.39 is 16.6 Å². The summed E-state index contributed by atoms with van der Waals surface area (Å²) in [5.41, 5.74) is 0. The topological polar surface area (TPSA) is 66.1 Å². The van der Waals surface area contributed by atoms with Crippen LogP contribution in [-0.2, 0) is 15.1 Å². The zero-order valence-corrected chi connectivity index (χ0v) is 7.49. The third-order valence-corrected chi connectivity index (χ3v) is 2.66. The van der Waals surface area contributed by atoms with Crippen molar-refractivity contribution < 1.29 is 13.5 Å². The fraction of sp³-hybridized carbons (Fsp3) is 1.00. The van der Waals surface area contributed by atoms with Gasteiger partial charge in [0.05, 0.1) is 12.4 Å². The largest absolute Gasteiger partial charge is 0.235 e. The van der Waals surface area contributed by atoms with Gasteiger partial charge < -0.3 is 0 Å². The van der Waals surface area contributed by atoms with E-state index in [2.05, 4.69) is 4.72 Å². The Morgan fingerprint density at radius 3 is 2.45 bits per heavy atom. The lowest BCUT2D eigenvalue weighted by molar-refractivity contribution is 0.199. The van der Waals surface area contributed by atoms with E-state index in [1.807, 2.05) is 6.92 Å². The lowest BCUT2D eigenvalue weighted by atomic mass is 10.4. The summed E-state index contributed by atoms with van der Waals surface area (Å²) < 4.78 is 24.0. The minimum Gasteiger partial charge on any atom is -0.235 e. The number of hydrogen-bond donors (Lipinski definition) is 1. The van der Waals surface area contributed by atoms with Gasteiger partial charge in [0.2, 0.25) is 10.0 Å². The summed E-state index contributed by atoms with van der Waals surface area (Å²) in [5, 5.41) is 9.92. The molecule has 1 N–H and O–H groups in total. The average Bonchev–Trinajstić information content (AvgIpc) is 1.97. The predicted octanol–water partition coefficient (Wildman–Crippen LogP) is 0.136. The maximum atomic E-state index is 10.9. The zero-order chi connectivity index (χ0) is 8.74. The number of unbranched alkanes of at least 4 members (excludes halogenated alkanes) is 1. The van der Waals surface area contributed by atoms with Crippen LogP contribution in [0.15, 0.2) is 0 Å². The first kappa shape index (κ1) is 10.9. The molecule has 0 rings (SSSR count). The molecule has 0 saturated carbocycles. The molecular formula is C6H14NO3S. The molecule has 1 radical (unpaired) electrons. The summed E-state index contributed by atoms with van der Waals surface area (Å²) in [5.74, 6) is 0.128. The first-order valence-electron chi connectivity index (χ1n) is 3.68.